The van der Waals surface area contributed by atoms with Crippen molar-refractivity contribution >= 4 is 23.3 Å². The van der Waals surface area contributed by atoms with E-state index in [1.54, 1.807) is 6.20 Å². The van der Waals surface area contributed by atoms with Crippen LogP contribution in [0.4, 0.5) is 11.5 Å². The van der Waals surface area contributed by atoms with Crippen molar-refractivity contribution in [2.75, 3.05) is 23.7 Å². The topological polar surface area (TPSA) is 83.1 Å². The van der Waals surface area contributed by atoms with Crippen LogP contribution in [0.25, 0.3) is 0 Å². The summed E-state index contributed by atoms with van der Waals surface area (Å²) in [7, 11) is 0. The summed E-state index contributed by atoms with van der Waals surface area (Å²) >= 11 is 0. The Hall–Kier alpha value is -2.73. The summed E-state index contributed by atoms with van der Waals surface area (Å²) < 4.78 is 0. The third-order valence-corrected chi connectivity index (χ3v) is 7.21. The number of hydrogen-bond acceptors (Lipinski definition) is 4. The van der Waals surface area contributed by atoms with Gasteiger partial charge in [0.25, 0.3) is 0 Å². The zero-order valence-electron chi connectivity index (χ0n) is 20.4. The van der Waals surface area contributed by atoms with E-state index in [9.17, 15) is 9.59 Å². The molecule has 0 saturated carbocycles. The van der Waals surface area contributed by atoms with Crippen LogP contribution in [0, 0.1) is 0 Å². The molecule has 2 amide bonds. The normalized spacial score (nSPS) is 18.1. The first kappa shape index (κ1) is 24.4. The maximum absolute atomic E-state index is 12.8. The largest absolute Gasteiger partial charge is 0.325 e. The van der Waals surface area contributed by atoms with Crippen molar-refractivity contribution < 1.29 is 9.59 Å². The van der Waals surface area contributed by atoms with E-state index in [-0.39, 0.29) is 11.8 Å². The smallest absolute Gasteiger partial charge is 0.238 e. The van der Waals surface area contributed by atoms with Crippen LogP contribution >= 0.6 is 0 Å². The number of rotatable bonds is 13. The lowest BCUT2D eigenvalue weighted by molar-refractivity contribution is -0.120. The van der Waals surface area contributed by atoms with Gasteiger partial charge in [-0.2, -0.15) is 0 Å². The van der Waals surface area contributed by atoms with E-state index in [0.717, 1.165) is 35.3 Å². The van der Waals surface area contributed by atoms with Crippen molar-refractivity contribution in [3.05, 3.63) is 53.2 Å². The summed E-state index contributed by atoms with van der Waals surface area (Å²) in [5, 5.41) is 9.20. The molecule has 0 fully saturated rings. The molecule has 4 rings (SSSR count). The molecule has 1 aliphatic heterocycles. The van der Waals surface area contributed by atoms with Gasteiger partial charge in [-0.3, -0.25) is 9.59 Å². The third-order valence-electron chi connectivity index (χ3n) is 7.21. The van der Waals surface area contributed by atoms with Crippen LogP contribution in [0.5, 0.6) is 0 Å². The Bertz CT molecular complexity index is 1010. The van der Waals surface area contributed by atoms with Crippen molar-refractivity contribution in [3.8, 4) is 0 Å². The lowest BCUT2D eigenvalue weighted by Crippen LogP contribution is -2.35. The molecule has 182 valence electrons. The van der Waals surface area contributed by atoms with E-state index in [4.69, 9.17) is 0 Å². The zero-order chi connectivity index (χ0) is 23.8. The maximum atomic E-state index is 12.8. The second kappa shape index (κ2) is 11.6. The van der Waals surface area contributed by atoms with Gasteiger partial charge in [-0.1, -0.05) is 70.4 Å². The van der Waals surface area contributed by atoms with Gasteiger partial charge in [-0.15, -0.1) is 0 Å². The van der Waals surface area contributed by atoms with Gasteiger partial charge < -0.3 is 16.0 Å². The Morgan fingerprint density at radius 1 is 1.00 bits per heavy atom. The number of nitrogens with zero attached hydrogens (tertiary/aromatic N) is 1. The van der Waals surface area contributed by atoms with Gasteiger partial charge in [-0.25, -0.2) is 4.98 Å². The fourth-order valence-electron chi connectivity index (χ4n) is 5.31. The number of pyridine rings is 1. The number of hydrogen-bond donors (Lipinski definition) is 3. The molecule has 2 heterocycles. The minimum absolute atomic E-state index is 0.0173. The number of carbonyl (C=O) groups is 2. The SMILES string of the molecule is CCCCCCCCCCCNCC(=O)Nc1ccc2c(c1)CC1(C2)C(=O)Nc2ncccc21. The molecule has 6 heteroatoms. The second-order valence-corrected chi connectivity index (χ2v) is 9.83. The summed E-state index contributed by atoms with van der Waals surface area (Å²) in [4.78, 5) is 29.6. The van der Waals surface area contributed by atoms with E-state index in [2.05, 4.69) is 27.9 Å². The molecular weight excluding hydrogens is 424 g/mol. The second-order valence-electron chi connectivity index (χ2n) is 9.83. The zero-order valence-corrected chi connectivity index (χ0v) is 20.4. The Morgan fingerprint density at radius 2 is 1.74 bits per heavy atom. The summed E-state index contributed by atoms with van der Waals surface area (Å²) in [6, 6.07) is 9.87. The van der Waals surface area contributed by atoms with Crippen molar-refractivity contribution in [2.24, 2.45) is 0 Å². The molecule has 2 aliphatic rings. The highest BCUT2D eigenvalue weighted by molar-refractivity contribution is 6.06. The molecule has 6 nitrogen and oxygen atoms in total. The van der Waals surface area contributed by atoms with Gasteiger partial charge in [0.15, 0.2) is 0 Å². The van der Waals surface area contributed by atoms with E-state index in [1.807, 2.05) is 30.3 Å². The Balaban J connectivity index is 1.18. The lowest BCUT2D eigenvalue weighted by atomic mass is 9.79. The van der Waals surface area contributed by atoms with E-state index < -0.39 is 5.41 Å². The fraction of sp³-hybridized carbons (Fsp3) is 0.536. The molecule has 0 saturated heterocycles. The molecule has 1 spiro atoms. The fourth-order valence-corrected chi connectivity index (χ4v) is 5.31. The Kier molecular flexibility index (Phi) is 8.33. The average Bonchev–Trinajstić information content (AvgIpc) is 3.35. The molecule has 34 heavy (non-hydrogen) atoms. The third kappa shape index (κ3) is 5.66. The molecule has 1 unspecified atom stereocenters. The highest BCUT2D eigenvalue weighted by Crippen LogP contribution is 2.46. The van der Waals surface area contributed by atoms with Crippen molar-refractivity contribution in [2.45, 2.75) is 83.0 Å². The summed E-state index contributed by atoms with van der Waals surface area (Å²) in [5.41, 5.74) is 3.46. The number of fused-ring (bicyclic) bond motifs is 3. The minimum atomic E-state index is -0.578. The van der Waals surface area contributed by atoms with Crippen LogP contribution in [0.15, 0.2) is 36.5 Å². The molecule has 1 aromatic heterocycles. The van der Waals surface area contributed by atoms with E-state index in [0.29, 0.717) is 25.2 Å². The standard InChI is InChI=1S/C28H38N4O2/c1-2-3-4-5-6-7-8-9-10-15-29-20-25(33)31-23-14-13-21-18-28(19-22(21)17-23)24-12-11-16-30-26(24)32-27(28)34/h11-14,16-17,29H,2-10,15,18-20H2,1H3,(H,31,33)(H,30,32,34). The predicted octanol–water partition coefficient (Wildman–Crippen LogP) is 5.13. The number of aromatic nitrogens is 1. The summed E-state index contributed by atoms with van der Waals surface area (Å²) in [6.45, 7) is 3.44. The van der Waals surface area contributed by atoms with Gasteiger partial charge in [0, 0.05) is 17.4 Å². The average molecular weight is 463 g/mol. The highest BCUT2D eigenvalue weighted by atomic mass is 16.2. The quantitative estimate of drug-likeness (QED) is 0.360. The molecule has 0 radical (unpaired) electrons. The van der Waals surface area contributed by atoms with Gasteiger partial charge >= 0.3 is 0 Å². The van der Waals surface area contributed by atoms with E-state index in [1.165, 1.54) is 51.4 Å². The molecule has 0 bridgehead atoms. The van der Waals surface area contributed by atoms with Gasteiger partial charge in [-0.05, 0) is 55.1 Å². The van der Waals surface area contributed by atoms with Crippen LogP contribution < -0.4 is 16.0 Å². The van der Waals surface area contributed by atoms with Crippen LogP contribution in [0.2, 0.25) is 0 Å². The molecule has 1 aromatic carbocycles. The summed E-state index contributed by atoms with van der Waals surface area (Å²) in [6.07, 6.45) is 14.7. The van der Waals surface area contributed by atoms with Gasteiger partial charge in [0.1, 0.15) is 5.82 Å². The lowest BCUT2D eigenvalue weighted by Gasteiger charge is -2.20. The van der Waals surface area contributed by atoms with Crippen LogP contribution in [-0.4, -0.2) is 29.9 Å². The molecule has 1 aliphatic carbocycles. The highest BCUT2D eigenvalue weighted by Gasteiger charge is 2.51. The van der Waals surface area contributed by atoms with Crippen molar-refractivity contribution in [1.82, 2.24) is 10.3 Å². The number of amides is 2. The summed E-state index contributed by atoms with van der Waals surface area (Å²) in [5.74, 6) is 0.660. The minimum Gasteiger partial charge on any atom is -0.325 e. The number of carbonyl (C=O) groups excluding carboxylic acids is 2. The van der Waals surface area contributed by atoms with E-state index >= 15 is 0 Å². The molecule has 2 aromatic rings. The first-order valence-electron chi connectivity index (χ1n) is 13.0. The van der Waals surface area contributed by atoms with Crippen molar-refractivity contribution in [3.63, 3.8) is 0 Å². The molecule has 1 atom stereocenters. The maximum Gasteiger partial charge on any atom is 0.238 e. The van der Waals surface area contributed by atoms with Gasteiger partial charge in [0.05, 0.1) is 12.0 Å². The Labute approximate surface area is 203 Å². The first-order valence-corrected chi connectivity index (χ1v) is 13.0. The molecule has 3 N–H and O–H groups in total. The number of anilines is 2. The number of nitrogens with one attached hydrogen (secondary N) is 3. The first-order chi connectivity index (χ1) is 16.6. The monoisotopic (exact) mass is 462 g/mol. The van der Waals surface area contributed by atoms with Crippen molar-refractivity contribution in [1.29, 1.82) is 0 Å². The van der Waals surface area contributed by atoms with Crippen LogP contribution in [0.3, 0.4) is 0 Å². The predicted molar refractivity (Wildman–Crippen MR) is 137 cm³/mol. The van der Waals surface area contributed by atoms with Gasteiger partial charge in [0.2, 0.25) is 11.8 Å². The number of benzene rings is 1. The van der Waals surface area contributed by atoms with Crippen LogP contribution in [0.1, 0.15) is 81.4 Å². The molecular formula is C28H38N4O2. The van der Waals surface area contributed by atoms with Crippen LogP contribution in [-0.2, 0) is 27.8 Å². The number of unbranched alkanes of at least 4 members (excludes halogenated alkanes) is 8. The Morgan fingerprint density at radius 3 is 2.53 bits per heavy atom.